The number of carbonyl (C=O) groups excluding carboxylic acids is 1. The van der Waals surface area contributed by atoms with Gasteiger partial charge in [-0.1, -0.05) is 0 Å². The average molecular weight is 290 g/mol. The van der Waals surface area contributed by atoms with Crippen molar-refractivity contribution in [3.05, 3.63) is 0 Å². The van der Waals surface area contributed by atoms with Crippen LogP contribution in [0, 0.1) is 0 Å². The van der Waals surface area contributed by atoms with Gasteiger partial charge in [0.1, 0.15) is 0 Å². The molecule has 0 aromatic rings. The predicted molar refractivity (Wildman–Crippen MR) is 57.5 cm³/mol. The number of amides is 1. The minimum Gasteiger partial charge on any atom is -0.475 e. The number of hydrogen-bond acceptors (Lipinski definition) is 4. The molecule has 0 bridgehead atoms. The Morgan fingerprint density at radius 3 is 1.94 bits per heavy atom. The van der Waals surface area contributed by atoms with Crippen LogP contribution in [0.4, 0.5) is 13.2 Å². The molecule has 1 aliphatic heterocycles. The molecule has 10 heteroatoms. The van der Waals surface area contributed by atoms with E-state index in [2.05, 4.69) is 9.68 Å². The SMILES string of the molecule is CC(=O)N=S1(=O)CCNCC1.O=C(O)C(F)(F)F. The van der Waals surface area contributed by atoms with Crippen molar-refractivity contribution in [2.75, 3.05) is 24.6 Å². The van der Waals surface area contributed by atoms with E-state index >= 15 is 0 Å². The molecule has 1 amide bonds. The maximum atomic E-state index is 11.6. The summed E-state index contributed by atoms with van der Waals surface area (Å²) in [4.78, 5) is 19.4. The van der Waals surface area contributed by atoms with E-state index in [4.69, 9.17) is 9.90 Å². The first-order valence-corrected chi connectivity index (χ1v) is 6.66. The molecule has 18 heavy (non-hydrogen) atoms. The van der Waals surface area contributed by atoms with E-state index in [-0.39, 0.29) is 5.91 Å². The van der Waals surface area contributed by atoms with Crippen LogP contribution in [-0.2, 0) is 19.3 Å². The molecule has 0 aliphatic carbocycles. The number of nitrogens with zero attached hydrogens (tertiary/aromatic N) is 1. The van der Waals surface area contributed by atoms with Crippen LogP contribution in [0.5, 0.6) is 0 Å². The van der Waals surface area contributed by atoms with Gasteiger partial charge < -0.3 is 10.4 Å². The second-order valence-corrected chi connectivity index (χ2v) is 5.89. The molecule has 1 heterocycles. The summed E-state index contributed by atoms with van der Waals surface area (Å²) in [6.07, 6.45) is -5.08. The minimum atomic E-state index is -5.08. The highest BCUT2D eigenvalue weighted by Crippen LogP contribution is 2.13. The van der Waals surface area contributed by atoms with Crippen molar-refractivity contribution in [2.24, 2.45) is 4.36 Å². The highest BCUT2D eigenvalue weighted by molar-refractivity contribution is 7.94. The second kappa shape index (κ2) is 6.69. The lowest BCUT2D eigenvalue weighted by atomic mass is 10.6. The first-order valence-electron chi connectivity index (χ1n) is 4.81. The molecule has 1 rings (SSSR count). The molecule has 0 atom stereocenters. The Balaban J connectivity index is 0.000000360. The van der Waals surface area contributed by atoms with Crippen molar-refractivity contribution in [3.63, 3.8) is 0 Å². The number of rotatable bonds is 0. The number of nitrogens with one attached hydrogen (secondary N) is 1. The largest absolute Gasteiger partial charge is 0.490 e. The minimum absolute atomic E-state index is 0.322. The topological polar surface area (TPSA) is 95.8 Å². The molecule has 2 N–H and O–H groups in total. The smallest absolute Gasteiger partial charge is 0.475 e. The summed E-state index contributed by atoms with van der Waals surface area (Å²) in [6.45, 7) is 2.75. The summed E-state index contributed by atoms with van der Waals surface area (Å²) in [7, 11) is -2.18. The Morgan fingerprint density at radius 2 is 1.67 bits per heavy atom. The third-order valence-corrected chi connectivity index (χ3v) is 4.01. The quantitative estimate of drug-likeness (QED) is 0.666. The number of hydrogen-bond donors (Lipinski definition) is 2. The van der Waals surface area contributed by atoms with Crippen molar-refractivity contribution >= 4 is 21.6 Å². The van der Waals surface area contributed by atoms with Gasteiger partial charge in [0.05, 0.1) is 9.73 Å². The number of carboxylic acids is 1. The molecular weight excluding hydrogens is 277 g/mol. The number of halogens is 3. The molecule has 1 aliphatic rings. The van der Waals surface area contributed by atoms with Crippen LogP contribution in [0.15, 0.2) is 4.36 Å². The first kappa shape index (κ1) is 16.8. The third-order valence-electron chi connectivity index (χ3n) is 1.73. The van der Waals surface area contributed by atoms with Crippen LogP contribution < -0.4 is 5.32 Å². The Bertz CT molecular complexity index is 415. The van der Waals surface area contributed by atoms with Crippen LogP contribution in [0.3, 0.4) is 0 Å². The van der Waals surface area contributed by atoms with Gasteiger partial charge in [0.25, 0.3) is 5.91 Å². The Kier molecular flexibility index (Phi) is 6.26. The molecule has 6 nitrogen and oxygen atoms in total. The van der Waals surface area contributed by atoms with Crippen molar-refractivity contribution in [3.8, 4) is 0 Å². The lowest BCUT2D eigenvalue weighted by Crippen LogP contribution is -2.36. The van der Waals surface area contributed by atoms with E-state index in [1.807, 2.05) is 0 Å². The lowest BCUT2D eigenvalue weighted by Gasteiger charge is -2.15. The molecule has 1 fully saturated rings. The van der Waals surface area contributed by atoms with E-state index in [9.17, 15) is 22.2 Å². The molecular formula is C8H13F3N2O4S. The van der Waals surface area contributed by atoms with Crippen LogP contribution in [0.2, 0.25) is 0 Å². The number of carbonyl (C=O) groups is 2. The Hall–Kier alpha value is -1.16. The zero-order valence-corrected chi connectivity index (χ0v) is 10.3. The van der Waals surface area contributed by atoms with Crippen LogP contribution >= 0.6 is 0 Å². The summed E-state index contributed by atoms with van der Waals surface area (Å²) >= 11 is 0. The van der Waals surface area contributed by atoms with E-state index in [1.54, 1.807) is 0 Å². The molecule has 0 spiro atoms. The van der Waals surface area contributed by atoms with Gasteiger partial charge in [-0.25, -0.2) is 9.00 Å². The maximum Gasteiger partial charge on any atom is 0.490 e. The zero-order chi connectivity index (χ0) is 14.4. The standard InChI is InChI=1S/C6H12N2O2S.C2HF3O2/c1-6(9)8-11(10)4-2-7-3-5-11;3-2(4,5)1(6)7/h7H,2-5H2,1H3;(H,6,7). The first-order chi connectivity index (χ1) is 8.07. The van der Waals surface area contributed by atoms with Crippen LogP contribution in [0.1, 0.15) is 6.92 Å². The van der Waals surface area contributed by atoms with E-state index < -0.39 is 21.9 Å². The Labute approximate surface area is 102 Å². The maximum absolute atomic E-state index is 11.6. The van der Waals surface area contributed by atoms with Gasteiger partial charge >= 0.3 is 12.1 Å². The van der Waals surface area contributed by atoms with Crippen molar-refractivity contribution in [2.45, 2.75) is 13.1 Å². The highest BCUT2D eigenvalue weighted by atomic mass is 32.2. The third kappa shape index (κ3) is 7.22. The molecule has 1 saturated heterocycles. The number of alkyl halides is 3. The van der Waals surface area contributed by atoms with Gasteiger partial charge in [-0.15, -0.1) is 0 Å². The second-order valence-electron chi connectivity index (χ2n) is 3.34. The Morgan fingerprint density at radius 1 is 1.28 bits per heavy atom. The summed E-state index contributed by atoms with van der Waals surface area (Å²) in [5.41, 5.74) is 0. The summed E-state index contributed by atoms with van der Waals surface area (Å²) < 4.78 is 46.9. The fraction of sp³-hybridized carbons (Fsp3) is 0.750. The van der Waals surface area contributed by atoms with Crippen LogP contribution in [0.25, 0.3) is 0 Å². The predicted octanol–water partition coefficient (Wildman–Crippen LogP) is 0.237. The molecule has 0 aromatic heterocycles. The number of aliphatic carboxylic acids is 1. The van der Waals surface area contributed by atoms with Gasteiger partial charge in [-0.2, -0.15) is 17.5 Å². The average Bonchev–Trinajstić information content (AvgIpc) is 2.15. The summed E-state index contributed by atoms with van der Waals surface area (Å²) in [6, 6.07) is 0. The van der Waals surface area contributed by atoms with Crippen molar-refractivity contribution < 1.29 is 32.1 Å². The summed E-state index contributed by atoms with van der Waals surface area (Å²) in [5.74, 6) is -2.07. The van der Waals surface area contributed by atoms with Gasteiger partial charge in [0.15, 0.2) is 0 Å². The van der Waals surface area contributed by atoms with E-state index in [0.29, 0.717) is 24.6 Å². The monoisotopic (exact) mass is 290 g/mol. The summed E-state index contributed by atoms with van der Waals surface area (Å²) in [5, 5.41) is 10.2. The molecule has 0 radical (unpaired) electrons. The number of carboxylic acid groups (broad SMARTS) is 1. The fourth-order valence-corrected chi connectivity index (χ4v) is 2.80. The molecule has 0 aromatic carbocycles. The molecule has 106 valence electrons. The van der Waals surface area contributed by atoms with E-state index in [1.165, 1.54) is 6.92 Å². The zero-order valence-electron chi connectivity index (χ0n) is 9.49. The molecule has 0 saturated carbocycles. The van der Waals surface area contributed by atoms with Crippen molar-refractivity contribution in [1.29, 1.82) is 0 Å². The van der Waals surface area contributed by atoms with Gasteiger partial charge in [0, 0.05) is 31.5 Å². The van der Waals surface area contributed by atoms with E-state index in [0.717, 1.165) is 0 Å². The fourth-order valence-electron chi connectivity index (χ4n) is 1.02. The van der Waals surface area contributed by atoms with Crippen LogP contribution in [-0.4, -0.2) is 52.0 Å². The molecule has 0 unspecified atom stereocenters. The van der Waals surface area contributed by atoms with Gasteiger partial charge in [-0.3, -0.25) is 4.79 Å². The highest BCUT2D eigenvalue weighted by Gasteiger charge is 2.38. The normalized spacial score (nSPS) is 18.2. The lowest BCUT2D eigenvalue weighted by molar-refractivity contribution is -0.192. The van der Waals surface area contributed by atoms with Crippen molar-refractivity contribution in [1.82, 2.24) is 5.32 Å². The van der Waals surface area contributed by atoms with Gasteiger partial charge in [0.2, 0.25) is 0 Å². The van der Waals surface area contributed by atoms with Gasteiger partial charge in [-0.05, 0) is 0 Å².